The zero-order valence-corrected chi connectivity index (χ0v) is 12.5. The van der Waals surface area contributed by atoms with Gasteiger partial charge in [-0.2, -0.15) is 0 Å². The van der Waals surface area contributed by atoms with Gasteiger partial charge < -0.3 is 15.7 Å². The van der Waals surface area contributed by atoms with Gasteiger partial charge in [-0.1, -0.05) is 24.0 Å². The van der Waals surface area contributed by atoms with Crippen molar-refractivity contribution in [3.05, 3.63) is 35.4 Å². The highest BCUT2D eigenvalue weighted by molar-refractivity contribution is 5.97. The lowest BCUT2D eigenvalue weighted by Crippen LogP contribution is -2.43. The number of rotatable bonds is 4. The Bertz CT molecular complexity index is 583. The second-order valence-electron chi connectivity index (χ2n) is 5.15. The Morgan fingerprint density at radius 3 is 2.57 bits per heavy atom. The maximum atomic E-state index is 12.2. The van der Waals surface area contributed by atoms with Crippen molar-refractivity contribution in [2.24, 2.45) is 5.41 Å². The van der Waals surface area contributed by atoms with E-state index < -0.39 is 5.41 Å². The van der Waals surface area contributed by atoms with Crippen molar-refractivity contribution in [2.45, 2.75) is 13.8 Å². The lowest BCUT2D eigenvalue weighted by Gasteiger charge is -2.22. The van der Waals surface area contributed by atoms with E-state index in [2.05, 4.69) is 22.5 Å². The van der Waals surface area contributed by atoms with Crippen molar-refractivity contribution < 1.29 is 14.7 Å². The van der Waals surface area contributed by atoms with Gasteiger partial charge >= 0.3 is 0 Å². The smallest absolute Gasteiger partial charge is 0.252 e. The summed E-state index contributed by atoms with van der Waals surface area (Å²) in [6.45, 7) is 3.46. The SMILES string of the molecule is CNC(=O)C(C)(C)CNC(=O)c1ccccc1C#CCO. The van der Waals surface area contributed by atoms with Gasteiger partial charge in [-0.25, -0.2) is 0 Å². The minimum absolute atomic E-state index is 0.142. The molecule has 0 saturated heterocycles. The second-order valence-corrected chi connectivity index (χ2v) is 5.15. The van der Waals surface area contributed by atoms with E-state index in [0.29, 0.717) is 11.1 Å². The number of benzene rings is 1. The average molecular weight is 288 g/mol. The quantitative estimate of drug-likeness (QED) is 0.707. The molecule has 112 valence electrons. The molecule has 0 heterocycles. The van der Waals surface area contributed by atoms with E-state index in [0.717, 1.165) is 0 Å². The number of nitrogens with one attached hydrogen (secondary N) is 2. The molecule has 3 N–H and O–H groups in total. The molecule has 5 nitrogen and oxygen atoms in total. The molecule has 1 aromatic rings. The van der Waals surface area contributed by atoms with Crippen LogP contribution in [0.25, 0.3) is 0 Å². The summed E-state index contributed by atoms with van der Waals surface area (Å²) in [7, 11) is 1.56. The second kappa shape index (κ2) is 7.46. The van der Waals surface area contributed by atoms with Crippen LogP contribution in [0.2, 0.25) is 0 Å². The maximum absolute atomic E-state index is 12.2. The number of hydrogen-bond acceptors (Lipinski definition) is 3. The molecule has 0 radical (unpaired) electrons. The van der Waals surface area contributed by atoms with E-state index in [-0.39, 0.29) is 25.0 Å². The number of amides is 2. The number of aliphatic hydroxyl groups is 1. The molecule has 0 saturated carbocycles. The fourth-order valence-corrected chi connectivity index (χ4v) is 1.74. The molecular weight excluding hydrogens is 268 g/mol. The predicted molar refractivity (Wildman–Crippen MR) is 80.6 cm³/mol. The van der Waals surface area contributed by atoms with Gasteiger partial charge in [0.1, 0.15) is 6.61 Å². The van der Waals surface area contributed by atoms with Gasteiger partial charge in [0.15, 0.2) is 0 Å². The molecule has 0 aliphatic rings. The number of carbonyl (C=O) groups excluding carboxylic acids is 2. The van der Waals surface area contributed by atoms with Crippen LogP contribution in [0.5, 0.6) is 0 Å². The van der Waals surface area contributed by atoms with Crippen molar-refractivity contribution in [3.63, 3.8) is 0 Å². The van der Waals surface area contributed by atoms with E-state index in [1.54, 1.807) is 45.2 Å². The number of aliphatic hydroxyl groups excluding tert-OH is 1. The summed E-state index contributed by atoms with van der Waals surface area (Å²) in [5, 5.41) is 14.0. The normalized spacial score (nSPS) is 10.3. The summed E-state index contributed by atoms with van der Waals surface area (Å²) in [5.41, 5.74) is 0.267. The summed E-state index contributed by atoms with van der Waals surface area (Å²) < 4.78 is 0. The highest BCUT2D eigenvalue weighted by Crippen LogP contribution is 2.14. The molecule has 0 aliphatic carbocycles. The third-order valence-electron chi connectivity index (χ3n) is 3.01. The average Bonchev–Trinajstić information content (AvgIpc) is 2.50. The van der Waals surface area contributed by atoms with Crippen LogP contribution in [0, 0.1) is 17.3 Å². The van der Waals surface area contributed by atoms with Crippen LogP contribution in [0.4, 0.5) is 0 Å². The first-order valence-electron chi connectivity index (χ1n) is 6.61. The Balaban J connectivity index is 2.84. The van der Waals surface area contributed by atoms with Crippen molar-refractivity contribution in [1.29, 1.82) is 0 Å². The summed E-state index contributed by atoms with van der Waals surface area (Å²) >= 11 is 0. The highest BCUT2D eigenvalue weighted by atomic mass is 16.2. The minimum atomic E-state index is -0.698. The Kier molecular flexibility index (Phi) is 5.94. The van der Waals surface area contributed by atoms with Crippen molar-refractivity contribution in [2.75, 3.05) is 20.2 Å². The van der Waals surface area contributed by atoms with Crippen LogP contribution >= 0.6 is 0 Å². The van der Waals surface area contributed by atoms with Crippen LogP contribution in [0.15, 0.2) is 24.3 Å². The molecule has 1 aromatic carbocycles. The molecule has 21 heavy (non-hydrogen) atoms. The summed E-state index contributed by atoms with van der Waals surface area (Å²) in [4.78, 5) is 23.9. The number of hydrogen-bond donors (Lipinski definition) is 3. The third-order valence-corrected chi connectivity index (χ3v) is 3.01. The fraction of sp³-hybridized carbons (Fsp3) is 0.375. The summed E-state index contributed by atoms with van der Waals surface area (Å²) in [5.74, 6) is 4.82. The molecule has 0 spiro atoms. The zero-order chi connectivity index (χ0) is 15.9. The minimum Gasteiger partial charge on any atom is -0.384 e. The van der Waals surface area contributed by atoms with Gasteiger partial charge in [-0.15, -0.1) is 0 Å². The highest BCUT2D eigenvalue weighted by Gasteiger charge is 2.27. The van der Waals surface area contributed by atoms with Gasteiger partial charge in [0.25, 0.3) is 5.91 Å². The van der Waals surface area contributed by atoms with E-state index in [1.807, 2.05) is 0 Å². The molecule has 0 aromatic heterocycles. The fourth-order valence-electron chi connectivity index (χ4n) is 1.74. The predicted octanol–water partition coefficient (Wildman–Crippen LogP) is 0.532. The largest absolute Gasteiger partial charge is 0.384 e. The number of carbonyl (C=O) groups is 2. The van der Waals surface area contributed by atoms with Crippen molar-refractivity contribution in [3.8, 4) is 11.8 Å². The molecular formula is C16H20N2O3. The van der Waals surface area contributed by atoms with Crippen LogP contribution in [0.1, 0.15) is 29.8 Å². The van der Waals surface area contributed by atoms with Gasteiger partial charge in [0.2, 0.25) is 5.91 Å². The summed E-state index contributed by atoms with van der Waals surface area (Å²) in [6.07, 6.45) is 0. The van der Waals surface area contributed by atoms with Gasteiger partial charge in [-0.05, 0) is 26.0 Å². The first-order chi connectivity index (χ1) is 9.92. The molecule has 2 amide bonds. The molecule has 1 rings (SSSR count). The molecule has 0 bridgehead atoms. The Hall–Kier alpha value is -2.32. The molecule has 0 atom stereocenters. The molecule has 0 aliphatic heterocycles. The van der Waals surface area contributed by atoms with Crippen LogP contribution in [-0.4, -0.2) is 37.1 Å². The Labute approximate surface area is 124 Å². The van der Waals surface area contributed by atoms with Crippen molar-refractivity contribution >= 4 is 11.8 Å². The van der Waals surface area contributed by atoms with E-state index in [1.165, 1.54) is 0 Å². The van der Waals surface area contributed by atoms with Crippen LogP contribution < -0.4 is 10.6 Å². The summed E-state index contributed by atoms with van der Waals surface area (Å²) in [6, 6.07) is 6.88. The molecule has 5 heteroatoms. The lowest BCUT2D eigenvalue weighted by atomic mass is 9.92. The van der Waals surface area contributed by atoms with Gasteiger partial charge in [-0.3, -0.25) is 9.59 Å². The Morgan fingerprint density at radius 2 is 1.95 bits per heavy atom. The topological polar surface area (TPSA) is 78.4 Å². The standard InChI is InChI=1S/C16H20N2O3/c1-16(2,15(21)17-3)11-18-14(20)13-9-5-4-7-12(13)8-6-10-19/h4-5,7,9,19H,10-11H2,1-3H3,(H,17,21)(H,18,20). The maximum Gasteiger partial charge on any atom is 0.252 e. The van der Waals surface area contributed by atoms with Gasteiger partial charge in [0, 0.05) is 19.2 Å². The van der Waals surface area contributed by atoms with E-state index in [4.69, 9.17) is 5.11 Å². The van der Waals surface area contributed by atoms with E-state index in [9.17, 15) is 9.59 Å². The van der Waals surface area contributed by atoms with Crippen molar-refractivity contribution in [1.82, 2.24) is 10.6 Å². The van der Waals surface area contributed by atoms with E-state index >= 15 is 0 Å². The monoisotopic (exact) mass is 288 g/mol. The first kappa shape index (κ1) is 16.7. The van der Waals surface area contributed by atoms with Crippen LogP contribution in [-0.2, 0) is 4.79 Å². The zero-order valence-electron chi connectivity index (χ0n) is 12.5. The Morgan fingerprint density at radius 1 is 1.29 bits per heavy atom. The first-order valence-corrected chi connectivity index (χ1v) is 6.61. The van der Waals surface area contributed by atoms with Gasteiger partial charge in [0.05, 0.1) is 11.0 Å². The van der Waals surface area contributed by atoms with Crippen LogP contribution in [0.3, 0.4) is 0 Å². The molecule has 0 unspecified atom stereocenters. The third kappa shape index (κ3) is 4.62. The lowest BCUT2D eigenvalue weighted by molar-refractivity contribution is -0.128. The molecule has 0 fully saturated rings.